The molecule has 0 aliphatic carbocycles. The smallest absolute Gasteiger partial charge is 0.176 e. The maximum absolute atomic E-state index is 16.1. The summed E-state index contributed by atoms with van der Waals surface area (Å²) in [6.45, 7) is 2.78. The summed E-state index contributed by atoms with van der Waals surface area (Å²) < 4.78 is 69.5. The van der Waals surface area contributed by atoms with Crippen molar-refractivity contribution in [2.75, 3.05) is 6.61 Å². The minimum absolute atomic E-state index is 0.120. The Morgan fingerprint density at radius 2 is 1.21 bits per heavy atom. The highest BCUT2D eigenvalue weighted by Gasteiger charge is 2.29. The van der Waals surface area contributed by atoms with Gasteiger partial charge in [-0.15, -0.1) is 11.8 Å². The van der Waals surface area contributed by atoms with Crippen LogP contribution >= 0.6 is 11.8 Å². The van der Waals surface area contributed by atoms with E-state index in [-0.39, 0.29) is 22.5 Å². The lowest BCUT2D eigenvalue weighted by Gasteiger charge is -2.13. The second-order valence-corrected chi connectivity index (χ2v) is 13.7. The van der Waals surface area contributed by atoms with Crippen molar-refractivity contribution in [3.63, 3.8) is 0 Å². The SMILES string of the molecule is CCCCOc1ccc(-c2c3nc(cc4ccc([nH]4)c(-c4c(F)c(F)c(SCc5ccccc5)c(F)c4F)c4nc(cc5ccc2[nH]5)C=C4)C=C3)cc1. The number of H-pyrrole nitrogens is 2. The third-order valence-corrected chi connectivity index (χ3v) is 10.1. The molecule has 0 spiro atoms. The van der Waals surface area contributed by atoms with E-state index in [1.165, 1.54) is 0 Å². The highest BCUT2D eigenvalue weighted by Crippen LogP contribution is 2.40. The van der Waals surface area contributed by atoms with Crippen molar-refractivity contribution in [2.24, 2.45) is 0 Å². The van der Waals surface area contributed by atoms with Crippen LogP contribution in [0.25, 0.3) is 68.6 Å². The number of halogens is 4. The topological polar surface area (TPSA) is 66.6 Å². The van der Waals surface area contributed by atoms with Gasteiger partial charge in [-0.1, -0.05) is 55.8 Å². The van der Waals surface area contributed by atoms with Crippen LogP contribution in [0.1, 0.15) is 48.1 Å². The molecule has 2 N–H and O–H groups in total. The fourth-order valence-electron chi connectivity index (χ4n) is 6.38. The summed E-state index contributed by atoms with van der Waals surface area (Å²) in [5.74, 6) is -5.01. The van der Waals surface area contributed by atoms with Crippen molar-refractivity contribution < 1.29 is 22.3 Å². The van der Waals surface area contributed by atoms with Crippen LogP contribution in [-0.4, -0.2) is 26.5 Å². The Morgan fingerprint density at radius 1 is 0.623 bits per heavy atom. The molecule has 3 aromatic carbocycles. The van der Waals surface area contributed by atoms with Crippen molar-refractivity contribution in [1.82, 2.24) is 19.9 Å². The zero-order valence-electron chi connectivity index (χ0n) is 28.5. The minimum atomic E-state index is -1.50. The molecule has 5 nitrogen and oxygen atoms in total. The summed E-state index contributed by atoms with van der Waals surface area (Å²) in [6, 6.07) is 27.6. The average Bonchev–Trinajstić information content (AvgIpc) is 4.01. The third-order valence-electron chi connectivity index (χ3n) is 9.01. The predicted octanol–water partition coefficient (Wildman–Crippen LogP) is 12.0. The number of hydrogen-bond acceptors (Lipinski definition) is 4. The number of thioether (sulfide) groups is 1. The van der Waals surface area contributed by atoms with E-state index in [9.17, 15) is 0 Å². The van der Waals surface area contributed by atoms with Gasteiger partial charge in [0, 0.05) is 38.9 Å². The number of nitrogens with zero attached hydrogens (tertiary/aromatic N) is 2. The molecule has 0 atom stereocenters. The molecule has 0 unspecified atom stereocenters. The fraction of sp³-hybridized carbons (Fsp3) is 0.116. The maximum atomic E-state index is 16.1. The maximum Gasteiger partial charge on any atom is 0.176 e. The molecule has 0 fully saturated rings. The summed E-state index contributed by atoms with van der Waals surface area (Å²) in [7, 11) is 0. The molecular formula is C43H32F4N4OS. The lowest BCUT2D eigenvalue weighted by molar-refractivity contribution is 0.309. The molecular weight excluding hydrogens is 697 g/mol. The highest BCUT2D eigenvalue weighted by molar-refractivity contribution is 7.98. The Balaban J connectivity index is 1.29. The molecule has 0 radical (unpaired) electrons. The second-order valence-electron chi connectivity index (χ2n) is 12.7. The predicted molar refractivity (Wildman–Crippen MR) is 206 cm³/mol. The molecule has 8 rings (SSSR count). The van der Waals surface area contributed by atoms with E-state index in [1.807, 2.05) is 54.6 Å². The van der Waals surface area contributed by atoms with Crippen LogP contribution in [0.2, 0.25) is 0 Å². The van der Waals surface area contributed by atoms with Crippen molar-refractivity contribution in [2.45, 2.75) is 30.4 Å². The number of fused-ring (bicyclic) bond motifs is 8. The lowest BCUT2D eigenvalue weighted by atomic mass is 10.0. The number of hydrogen-bond donors (Lipinski definition) is 2. The summed E-state index contributed by atoms with van der Waals surface area (Å²) in [5.41, 5.74) is 5.87. The molecule has 5 heterocycles. The van der Waals surface area contributed by atoms with E-state index < -0.39 is 33.7 Å². The van der Waals surface area contributed by atoms with Gasteiger partial charge in [-0.2, -0.15) is 0 Å². The van der Waals surface area contributed by atoms with Crippen LogP contribution in [0.15, 0.2) is 95.9 Å². The van der Waals surface area contributed by atoms with Gasteiger partial charge in [0.15, 0.2) is 23.3 Å². The van der Waals surface area contributed by atoms with E-state index in [2.05, 4.69) is 21.9 Å². The molecule has 2 aliphatic rings. The number of aromatic amines is 2. The van der Waals surface area contributed by atoms with Crippen molar-refractivity contribution >= 4 is 58.1 Å². The van der Waals surface area contributed by atoms with Gasteiger partial charge in [0.1, 0.15) is 5.75 Å². The number of rotatable bonds is 9. The lowest BCUT2D eigenvalue weighted by Crippen LogP contribution is -2.04. The Morgan fingerprint density at radius 3 is 1.81 bits per heavy atom. The molecule has 8 bridgehead atoms. The van der Waals surface area contributed by atoms with E-state index in [4.69, 9.17) is 9.72 Å². The van der Waals surface area contributed by atoms with E-state index >= 15 is 17.6 Å². The first-order valence-electron chi connectivity index (χ1n) is 17.2. The third kappa shape index (κ3) is 6.90. The largest absolute Gasteiger partial charge is 0.494 e. The monoisotopic (exact) mass is 728 g/mol. The van der Waals surface area contributed by atoms with Gasteiger partial charge < -0.3 is 14.7 Å². The Labute approximate surface area is 307 Å². The summed E-state index contributed by atoms with van der Waals surface area (Å²) in [4.78, 5) is 15.5. The zero-order valence-corrected chi connectivity index (χ0v) is 29.3. The van der Waals surface area contributed by atoms with E-state index in [0.717, 1.165) is 46.5 Å². The minimum Gasteiger partial charge on any atom is -0.494 e. The van der Waals surface area contributed by atoms with Gasteiger partial charge in [-0.3, -0.25) is 0 Å². The molecule has 0 saturated carbocycles. The van der Waals surface area contributed by atoms with Gasteiger partial charge in [-0.05, 0) is 90.4 Å². The first-order valence-corrected chi connectivity index (χ1v) is 18.2. The highest BCUT2D eigenvalue weighted by atomic mass is 32.2. The van der Waals surface area contributed by atoms with E-state index in [0.29, 0.717) is 40.8 Å². The standard InChI is InChI=1S/C43H32F4N4OS/c1-2-3-21-52-31-15-9-26(10-16-31)36-32-17-11-27(48-32)22-29-13-19-34(50-29)37(35-20-14-30(51-35)23-28-12-18-33(36)49-28)38-39(44)41(46)43(42(47)40(38)45)53-24-25-7-5-4-6-8-25/h4-20,22-23,48,51H,2-3,21,24H2,1H3. The number of ether oxygens (including phenoxy) is 1. The van der Waals surface area contributed by atoms with Crippen LogP contribution < -0.4 is 4.74 Å². The van der Waals surface area contributed by atoms with Crippen LogP contribution in [0.4, 0.5) is 17.6 Å². The molecule has 6 aromatic rings. The van der Waals surface area contributed by atoms with Crippen LogP contribution in [0.3, 0.4) is 0 Å². The quantitative estimate of drug-likeness (QED) is 0.0672. The Bertz CT molecular complexity index is 2550. The molecule has 0 saturated heterocycles. The van der Waals surface area contributed by atoms with E-state index in [1.54, 1.807) is 60.7 Å². The molecule has 53 heavy (non-hydrogen) atoms. The number of benzene rings is 3. The fourth-order valence-corrected chi connectivity index (χ4v) is 7.32. The van der Waals surface area contributed by atoms with Crippen LogP contribution in [0, 0.1) is 23.3 Å². The molecule has 10 heteroatoms. The van der Waals surface area contributed by atoms with Gasteiger partial charge in [0.05, 0.1) is 39.8 Å². The first-order chi connectivity index (χ1) is 25.9. The molecule has 3 aromatic heterocycles. The summed E-state index contributed by atoms with van der Waals surface area (Å²) in [5, 5.41) is 0. The molecule has 0 amide bonds. The second kappa shape index (κ2) is 14.6. The first kappa shape index (κ1) is 34.2. The van der Waals surface area contributed by atoms with Crippen LogP contribution in [0.5, 0.6) is 5.75 Å². The summed E-state index contributed by atoms with van der Waals surface area (Å²) in [6.07, 6.45) is 9.09. The van der Waals surface area contributed by atoms with Gasteiger partial charge >= 0.3 is 0 Å². The molecule has 264 valence electrons. The van der Waals surface area contributed by atoms with Crippen molar-refractivity contribution in [3.05, 3.63) is 143 Å². The van der Waals surface area contributed by atoms with Crippen molar-refractivity contribution in [1.29, 1.82) is 0 Å². The van der Waals surface area contributed by atoms with Crippen LogP contribution in [-0.2, 0) is 5.75 Å². The molecule has 2 aliphatic heterocycles. The number of nitrogens with one attached hydrogen (secondary N) is 2. The van der Waals surface area contributed by atoms with Gasteiger partial charge in [0.25, 0.3) is 0 Å². The summed E-state index contributed by atoms with van der Waals surface area (Å²) >= 11 is 0.697. The van der Waals surface area contributed by atoms with Gasteiger partial charge in [0.2, 0.25) is 0 Å². The Kier molecular flexibility index (Phi) is 9.45. The Hall–Kier alpha value is -5.87. The van der Waals surface area contributed by atoms with Crippen molar-refractivity contribution in [3.8, 4) is 28.0 Å². The van der Waals surface area contributed by atoms with Gasteiger partial charge in [-0.25, -0.2) is 27.5 Å². The zero-order chi connectivity index (χ0) is 36.5. The number of aromatic nitrogens is 4. The number of unbranched alkanes of at least 4 members (excludes halogenated alkanes) is 1. The average molecular weight is 729 g/mol. The normalized spacial score (nSPS) is 12.1.